The number of halogens is 1. The van der Waals surface area contributed by atoms with E-state index in [2.05, 4.69) is 16.4 Å². The molecular weight excluding hydrogens is 444 g/mol. The van der Waals surface area contributed by atoms with E-state index in [0.29, 0.717) is 39.6 Å². The SMILES string of the molecule is CC(Sc1nc2ccccc2c(=O)n1-c1ccc(Cl)cc1)C(=O)NC1(C#N)CCCCC1. The molecule has 1 N–H and O–H groups in total. The molecule has 0 saturated heterocycles. The van der Waals surface area contributed by atoms with E-state index in [1.807, 2.05) is 6.07 Å². The van der Waals surface area contributed by atoms with Crippen molar-refractivity contribution in [3.63, 3.8) is 0 Å². The van der Waals surface area contributed by atoms with Crippen molar-refractivity contribution in [3.05, 3.63) is 63.9 Å². The Hall–Kier alpha value is -2.82. The summed E-state index contributed by atoms with van der Waals surface area (Å²) in [5.41, 5.74) is 0.164. The number of para-hydroxylation sites is 1. The molecule has 1 unspecified atom stereocenters. The quantitative estimate of drug-likeness (QED) is 0.428. The minimum Gasteiger partial charge on any atom is -0.337 e. The number of rotatable bonds is 5. The Morgan fingerprint density at radius 3 is 2.56 bits per heavy atom. The predicted octanol–water partition coefficient (Wildman–Crippen LogP) is 4.86. The lowest BCUT2D eigenvalue weighted by molar-refractivity contribution is -0.121. The molecule has 1 aliphatic carbocycles. The normalized spacial score (nSPS) is 16.3. The third kappa shape index (κ3) is 4.52. The van der Waals surface area contributed by atoms with E-state index in [-0.39, 0.29) is 11.5 Å². The topological polar surface area (TPSA) is 87.8 Å². The van der Waals surface area contributed by atoms with Crippen LogP contribution in [0.15, 0.2) is 58.5 Å². The van der Waals surface area contributed by atoms with Crippen molar-refractivity contribution >= 4 is 40.2 Å². The van der Waals surface area contributed by atoms with E-state index in [9.17, 15) is 14.9 Å². The summed E-state index contributed by atoms with van der Waals surface area (Å²) >= 11 is 7.23. The van der Waals surface area contributed by atoms with Gasteiger partial charge in [-0.15, -0.1) is 0 Å². The molecule has 2 aromatic carbocycles. The van der Waals surface area contributed by atoms with Crippen LogP contribution in [0.2, 0.25) is 5.02 Å². The lowest BCUT2D eigenvalue weighted by Gasteiger charge is -2.32. The first-order chi connectivity index (χ1) is 15.4. The van der Waals surface area contributed by atoms with Crippen LogP contribution in [0.5, 0.6) is 0 Å². The third-order valence-electron chi connectivity index (χ3n) is 5.76. The highest BCUT2D eigenvalue weighted by molar-refractivity contribution is 8.00. The van der Waals surface area contributed by atoms with Crippen LogP contribution in [-0.2, 0) is 4.79 Å². The van der Waals surface area contributed by atoms with E-state index in [4.69, 9.17) is 11.6 Å². The molecule has 0 aliphatic heterocycles. The number of hydrogen-bond donors (Lipinski definition) is 1. The summed E-state index contributed by atoms with van der Waals surface area (Å²) in [5, 5.41) is 13.6. The fourth-order valence-electron chi connectivity index (χ4n) is 3.98. The maximum atomic E-state index is 13.3. The van der Waals surface area contributed by atoms with Crippen LogP contribution in [0.25, 0.3) is 16.6 Å². The number of thioether (sulfide) groups is 1. The molecule has 4 rings (SSSR count). The molecule has 164 valence electrons. The zero-order valence-corrected chi connectivity index (χ0v) is 19.2. The first-order valence-electron chi connectivity index (χ1n) is 10.6. The summed E-state index contributed by atoms with van der Waals surface area (Å²) in [6, 6.07) is 16.4. The Kier molecular flexibility index (Phi) is 6.54. The van der Waals surface area contributed by atoms with E-state index in [1.165, 1.54) is 16.3 Å². The van der Waals surface area contributed by atoms with Gasteiger partial charge in [-0.25, -0.2) is 4.98 Å². The molecule has 0 spiro atoms. The summed E-state index contributed by atoms with van der Waals surface area (Å²) < 4.78 is 1.51. The second-order valence-corrected chi connectivity index (χ2v) is 9.78. The minimum absolute atomic E-state index is 0.214. The lowest BCUT2D eigenvalue weighted by atomic mass is 9.83. The average Bonchev–Trinajstić information content (AvgIpc) is 2.81. The van der Waals surface area contributed by atoms with E-state index < -0.39 is 10.8 Å². The summed E-state index contributed by atoms with van der Waals surface area (Å²) in [7, 11) is 0. The fourth-order valence-corrected chi connectivity index (χ4v) is 5.03. The summed E-state index contributed by atoms with van der Waals surface area (Å²) in [6.07, 6.45) is 4.26. The number of fused-ring (bicyclic) bond motifs is 1. The van der Waals surface area contributed by atoms with Gasteiger partial charge in [-0.1, -0.05) is 54.8 Å². The zero-order chi connectivity index (χ0) is 22.7. The molecule has 1 fully saturated rings. The first-order valence-corrected chi connectivity index (χ1v) is 11.9. The Bertz CT molecular complexity index is 1240. The number of aromatic nitrogens is 2. The van der Waals surface area contributed by atoms with Crippen LogP contribution < -0.4 is 10.9 Å². The van der Waals surface area contributed by atoms with Crippen molar-refractivity contribution in [2.24, 2.45) is 0 Å². The van der Waals surface area contributed by atoms with Crippen molar-refractivity contribution in [1.29, 1.82) is 5.26 Å². The lowest BCUT2D eigenvalue weighted by Crippen LogP contribution is -2.51. The zero-order valence-electron chi connectivity index (χ0n) is 17.7. The van der Waals surface area contributed by atoms with Crippen LogP contribution in [0.3, 0.4) is 0 Å². The number of nitriles is 1. The molecule has 1 atom stereocenters. The third-order valence-corrected chi connectivity index (χ3v) is 7.07. The van der Waals surface area contributed by atoms with Crippen LogP contribution in [0, 0.1) is 11.3 Å². The van der Waals surface area contributed by atoms with E-state index in [0.717, 1.165) is 19.3 Å². The van der Waals surface area contributed by atoms with Gasteiger partial charge in [0.1, 0.15) is 5.54 Å². The Balaban J connectivity index is 1.69. The van der Waals surface area contributed by atoms with Gasteiger partial charge < -0.3 is 5.32 Å². The van der Waals surface area contributed by atoms with Crippen molar-refractivity contribution in [1.82, 2.24) is 14.9 Å². The molecular formula is C24H23ClN4O2S. The number of benzene rings is 2. The van der Waals surface area contributed by atoms with Gasteiger partial charge in [0.25, 0.3) is 5.56 Å². The molecule has 1 aromatic heterocycles. The Labute approximate surface area is 195 Å². The standard InChI is InChI=1S/C24H23ClN4O2S/c1-16(21(30)28-24(15-26)13-5-2-6-14-24)32-23-27-20-8-4-3-7-19(20)22(31)29(23)18-11-9-17(25)10-12-18/h3-4,7-12,16H,2,5-6,13-14H2,1H3,(H,28,30). The Morgan fingerprint density at radius 1 is 1.19 bits per heavy atom. The monoisotopic (exact) mass is 466 g/mol. The van der Waals surface area contributed by atoms with Crippen molar-refractivity contribution in [3.8, 4) is 11.8 Å². The maximum absolute atomic E-state index is 13.3. The minimum atomic E-state index is -0.809. The molecule has 0 radical (unpaired) electrons. The van der Waals surface area contributed by atoms with Gasteiger partial charge in [0.2, 0.25) is 5.91 Å². The second-order valence-electron chi connectivity index (χ2n) is 8.03. The molecule has 1 aliphatic rings. The van der Waals surface area contributed by atoms with E-state index in [1.54, 1.807) is 49.4 Å². The van der Waals surface area contributed by atoms with Crippen molar-refractivity contribution in [2.75, 3.05) is 0 Å². The number of carbonyl (C=O) groups excluding carboxylic acids is 1. The van der Waals surface area contributed by atoms with Gasteiger partial charge in [0.15, 0.2) is 5.16 Å². The molecule has 0 bridgehead atoms. The number of nitrogens with one attached hydrogen (secondary N) is 1. The number of carbonyl (C=O) groups is 1. The van der Waals surface area contributed by atoms with Crippen LogP contribution in [0.1, 0.15) is 39.0 Å². The van der Waals surface area contributed by atoms with E-state index >= 15 is 0 Å². The smallest absolute Gasteiger partial charge is 0.266 e. The number of nitrogens with zero attached hydrogens (tertiary/aromatic N) is 3. The molecule has 3 aromatic rings. The van der Waals surface area contributed by atoms with Gasteiger partial charge >= 0.3 is 0 Å². The summed E-state index contributed by atoms with van der Waals surface area (Å²) in [6.45, 7) is 1.77. The van der Waals surface area contributed by atoms with Gasteiger partial charge in [0, 0.05) is 5.02 Å². The highest BCUT2D eigenvalue weighted by Crippen LogP contribution is 2.30. The molecule has 6 nitrogen and oxygen atoms in total. The number of hydrogen-bond acceptors (Lipinski definition) is 5. The second kappa shape index (κ2) is 9.35. The summed E-state index contributed by atoms with van der Waals surface area (Å²) in [4.78, 5) is 31.0. The molecule has 1 saturated carbocycles. The van der Waals surface area contributed by atoms with Gasteiger partial charge in [-0.3, -0.25) is 14.2 Å². The number of amides is 1. The van der Waals surface area contributed by atoms with Crippen LogP contribution >= 0.6 is 23.4 Å². The predicted molar refractivity (Wildman–Crippen MR) is 127 cm³/mol. The molecule has 1 amide bonds. The Morgan fingerprint density at radius 2 is 1.88 bits per heavy atom. The van der Waals surface area contributed by atoms with Crippen molar-refractivity contribution < 1.29 is 4.79 Å². The van der Waals surface area contributed by atoms with Gasteiger partial charge in [-0.05, 0) is 56.2 Å². The average molecular weight is 467 g/mol. The van der Waals surface area contributed by atoms with Gasteiger partial charge in [0.05, 0.1) is 27.9 Å². The fraction of sp³-hybridized carbons (Fsp3) is 0.333. The molecule has 1 heterocycles. The first kappa shape index (κ1) is 22.4. The van der Waals surface area contributed by atoms with Crippen molar-refractivity contribution in [2.45, 2.75) is 55.0 Å². The maximum Gasteiger partial charge on any atom is 0.266 e. The largest absolute Gasteiger partial charge is 0.337 e. The van der Waals surface area contributed by atoms with Crippen LogP contribution in [-0.4, -0.2) is 26.2 Å². The molecule has 8 heteroatoms. The van der Waals surface area contributed by atoms with Crippen LogP contribution in [0.4, 0.5) is 0 Å². The summed E-state index contributed by atoms with van der Waals surface area (Å²) in [5.74, 6) is -0.233. The highest BCUT2D eigenvalue weighted by atomic mass is 35.5. The molecule has 32 heavy (non-hydrogen) atoms. The van der Waals surface area contributed by atoms with Gasteiger partial charge in [-0.2, -0.15) is 5.26 Å². The highest BCUT2D eigenvalue weighted by Gasteiger charge is 2.35.